The largest absolute Gasteiger partial charge is 0.114 e. The first kappa shape index (κ1) is 7.62. The monoisotopic (exact) mass is 154 g/mol. The first-order chi connectivity index (χ1) is 4.67. The lowest BCUT2D eigenvalue weighted by Gasteiger charge is -2.25. The van der Waals surface area contributed by atoms with Crippen LogP contribution >= 0.6 is 11.6 Å². The maximum atomic E-state index is 6.13. The highest BCUT2D eigenvalue weighted by Crippen LogP contribution is 2.31. The Balaban J connectivity index is 2.84. The summed E-state index contributed by atoms with van der Waals surface area (Å²) in [6.07, 6.45) is 9.87. The first-order valence-corrected chi connectivity index (χ1v) is 3.72. The van der Waals surface area contributed by atoms with Crippen LogP contribution in [0.5, 0.6) is 0 Å². The van der Waals surface area contributed by atoms with Gasteiger partial charge in [0.05, 0.1) is 4.87 Å². The Labute approximate surface area is 66.9 Å². The van der Waals surface area contributed by atoms with Crippen molar-refractivity contribution in [3.8, 4) is 0 Å². The zero-order valence-electron chi connectivity index (χ0n) is 6.05. The Morgan fingerprint density at radius 1 is 1.60 bits per heavy atom. The van der Waals surface area contributed by atoms with Crippen LogP contribution in [0.4, 0.5) is 0 Å². The summed E-state index contributed by atoms with van der Waals surface area (Å²) in [6, 6.07) is 0. The molecule has 0 aromatic carbocycles. The number of rotatable bonds is 1. The molecule has 0 saturated heterocycles. The predicted octanol–water partition coefficient (Wildman–Crippen LogP) is 2.91. The molecule has 0 saturated carbocycles. The average molecular weight is 155 g/mol. The minimum absolute atomic E-state index is 0.263. The molecule has 1 rings (SSSR count). The van der Waals surface area contributed by atoms with Gasteiger partial charge in [-0.05, 0) is 6.92 Å². The highest BCUT2D eigenvalue weighted by atomic mass is 35.5. The smallest absolute Gasteiger partial charge is 0.0697 e. The Kier molecular flexibility index (Phi) is 2.00. The lowest BCUT2D eigenvalue weighted by molar-refractivity contribution is 0.647. The summed E-state index contributed by atoms with van der Waals surface area (Å²) in [7, 11) is 0. The summed E-state index contributed by atoms with van der Waals surface area (Å²) < 4.78 is 0. The number of halogens is 1. The maximum Gasteiger partial charge on any atom is 0.0697 e. The third-order valence-corrected chi connectivity index (χ3v) is 2.14. The van der Waals surface area contributed by atoms with Crippen molar-refractivity contribution in [2.45, 2.75) is 11.8 Å². The number of allylic oxidation sites excluding steroid dienone is 5. The molecule has 0 aromatic rings. The molecule has 1 aliphatic rings. The molecule has 0 radical (unpaired) electrons. The highest BCUT2D eigenvalue weighted by Gasteiger charge is 2.25. The Hall–Kier alpha value is -0.490. The molecule has 0 N–H and O–H groups in total. The van der Waals surface area contributed by atoms with Crippen LogP contribution in [0.2, 0.25) is 0 Å². The van der Waals surface area contributed by atoms with E-state index in [1.54, 1.807) is 0 Å². The summed E-state index contributed by atoms with van der Waals surface area (Å²) in [5.74, 6) is 0.263. The van der Waals surface area contributed by atoms with E-state index in [1.165, 1.54) is 0 Å². The van der Waals surface area contributed by atoms with Crippen molar-refractivity contribution in [1.29, 1.82) is 0 Å². The molecular formula is C9H11Cl. The van der Waals surface area contributed by atoms with Crippen LogP contribution in [0.3, 0.4) is 0 Å². The van der Waals surface area contributed by atoms with Crippen LogP contribution < -0.4 is 0 Å². The van der Waals surface area contributed by atoms with Crippen molar-refractivity contribution in [2.24, 2.45) is 5.92 Å². The first-order valence-electron chi connectivity index (χ1n) is 3.34. The summed E-state index contributed by atoms with van der Waals surface area (Å²) in [5.41, 5.74) is 0. The van der Waals surface area contributed by atoms with Crippen molar-refractivity contribution < 1.29 is 0 Å². The Bertz CT molecular complexity index is 187. The van der Waals surface area contributed by atoms with Gasteiger partial charge in [0.2, 0.25) is 0 Å². The quantitative estimate of drug-likeness (QED) is 0.403. The van der Waals surface area contributed by atoms with Gasteiger partial charge in [0.1, 0.15) is 0 Å². The highest BCUT2D eigenvalue weighted by molar-refractivity contribution is 6.25. The Morgan fingerprint density at radius 2 is 2.30 bits per heavy atom. The molecule has 1 heteroatoms. The molecule has 0 amide bonds. The zero-order valence-corrected chi connectivity index (χ0v) is 6.81. The van der Waals surface area contributed by atoms with Gasteiger partial charge in [0.25, 0.3) is 0 Å². The molecule has 0 aliphatic heterocycles. The standard InChI is InChI=1S/C9H11Cl/c1-3-8-6-4-5-7-9(8,2)10/h3-8H,1H2,2H3. The molecule has 54 valence electrons. The van der Waals surface area contributed by atoms with Crippen molar-refractivity contribution in [3.63, 3.8) is 0 Å². The minimum Gasteiger partial charge on any atom is -0.114 e. The fourth-order valence-electron chi connectivity index (χ4n) is 1.04. The van der Waals surface area contributed by atoms with E-state index in [-0.39, 0.29) is 10.8 Å². The number of alkyl halides is 1. The fourth-order valence-corrected chi connectivity index (χ4v) is 1.27. The molecule has 0 fully saturated rings. The third kappa shape index (κ3) is 1.32. The SMILES string of the molecule is C=CC1C=CC=CC1(C)Cl. The van der Waals surface area contributed by atoms with E-state index in [2.05, 4.69) is 12.7 Å². The number of hydrogen-bond acceptors (Lipinski definition) is 0. The predicted molar refractivity (Wildman–Crippen MR) is 46.2 cm³/mol. The second kappa shape index (κ2) is 2.63. The Morgan fingerprint density at radius 3 is 2.70 bits per heavy atom. The van der Waals surface area contributed by atoms with Gasteiger partial charge in [-0.15, -0.1) is 18.2 Å². The summed E-state index contributed by atoms with van der Waals surface area (Å²) in [4.78, 5) is -0.267. The normalized spacial score (nSPS) is 38.0. The van der Waals surface area contributed by atoms with Crippen LogP contribution in [0.25, 0.3) is 0 Å². The third-order valence-electron chi connectivity index (χ3n) is 1.76. The van der Waals surface area contributed by atoms with Crippen LogP contribution in [0.1, 0.15) is 6.92 Å². The van der Waals surface area contributed by atoms with E-state index in [4.69, 9.17) is 11.6 Å². The van der Waals surface area contributed by atoms with Crippen molar-refractivity contribution >= 4 is 11.6 Å². The minimum atomic E-state index is -0.267. The van der Waals surface area contributed by atoms with Gasteiger partial charge in [-0.1, -0.05) is 30.4 Å². The van der Waals surface area contributed by atoms with Crippen molar-refractivity contribution in [1.82, 2.24) is 0 Å². The van der Waals surface area contributed by atoms with Crippen LogP contribution in [0, 0.1) is 5.92 Å². The molecule has 1 aliphatic carbocycles. The molecule has 0 aromatic heterocycles. The van der Waals surface area contributed by atoms with E-state index < -0.39 is 0 Å². The molecule has 0 heterocycles. The van der Waals surface area contributed by atoms with Crippen molar-refractivity contribution in [2.75, 3.05) is 0 Å². The van der Waals surface area contributed by atoms with Crippen LogP contribution in [-0.4, -0.2) is 4.87 Å². The molecule has 2 unspecified atom stereocenters. The summed E-state index contributed by atoms with van der Waals surface area (Å²) in [6.45, 7) is 5.70. The van der Waals surface area contributed by atoms with Crippen LogP contribution in [0.15, 0.2) is 37.0 Å². The van der Waals surface area contributed by atoms with Gasteiger partial charge in [-0.3, -0.25) is 0 Å². The van der Waals surface area contributed by atoms with Crippen molar-refractivity contribution in [3.05, 3.63) is 37.0 Å². The topological polar surface area (TPSA) is 0 Å². The summed E-state index contributed by atoms with van der Waals surface area (Å²) >= 11 is 6.13. The van der Waals surface area contributed by atoms with E-state index in [1.807, 2.05) is 31.2 Å². The van der Waals surface area contributed by atoms with Gasteiger partial charge in [0, 0.05) is 5.92 Å². The van der Waals surface area contributed by atoms with Gasteiger partial charge < -0.3 is 0 Å². The fraction of sp³-hybridized carbons (Fsp3) is 0.333. The number of hydrogen-bond donors (Lipinski definition) is 0. The average Bonchev–Trinajstić information content (AvgIpc) is 1.87. The second-order valence-electron chi connectivity index (χ2n) is 2.66. The molecule has 10 heavy (non-hydrogen) atoms. The second-order valence-corrected chi connectivity index (χ2v) is 3.47. The van der Waals surface area contributed by atoms with E-state index >= 15 is 0 Å². The van der Waals surface area contributed by atoms with Crippen LogP contribution in [-0.2, 0) is 0 Å². The molecule has 0 bridgehead atoms. The lowest BCUT2D eigenvalue weighted by atomic mass is 9.89. The maximum absolute atomic E-state index is 6.13. The lowest BCUT2D eigenvalue weighted by Crippen LogP contribution is -2.23. The van der Waals surface area contributed by atoms with Gasteiger partial charge >= 0.3 is 0 Å². The molecule has 2 atom stereocenters. The summed E-state index contributed by atoms with van der Waals surface area (Å²) in [5, 5.41) is 0. The zero-order chi connectivity index (χ0) is 7.61. The molecule has 0 nitrogen and oxygen atoms in total. The molecular weight excluding hydrogens is 144 g/mol. The van der Waals surface area contributed by atoms with Gasteiger partial charge in [-0.2, -0.15) is 0 Å². The molecule has 0 spiro atoms. The van der Waals surface area contributed by atoms with E-state index in [0.29, 0.717) is 0 Å². The van der Waals surface area contributed by atoms with Gasteiger partial charge in [0.15, 0.2) is 0 Å². The van der Waals surface area contributed by atoms with E-state index in [9.17, 15) is 0 Å². The van der Waals surface area contributed by atoms with E-state index in [0.717, 1.165) is 0 Å². The van der Waals surface area contributed by atoms with Gasteiger partial charge in [-0.25, -0.2) is 0 Å².